The van der Waals surface area contributed by atoms with E-state index in [0.29, 0.717) is 36.2 Å². The Morgan fingerprint density at radius 2 is 1.55 bits per heavy atom. The van der Waals surface area contributed by atoms with Gasteiger partial charge < -0.3 is 90.5 Å². The zero-order valence-corrected chi connectivity index (χ0v) is 60.8. The van der Waals surface area contributed by atoms with Crippen molar-refractivity contribution in [2.24, 2.45) is 35.3 Å². The minimum absolute atomic E-state index is 0.0512. The summed E-state index contributed by atoms with van der Waals surface area (Å²) in [5, 5.41) is 59.7. The SMILES string of the molecule is CO[C@H]1/C=C/O[C@@]2(C)Oc3c(C)c(O)c4c(=O)c(c5oc6cc(N7CC(OC(=O)OCc8ccc(NC(=O)[C@H](CCCNC(N)=O)NC(=O)[C@@H](NC(=O)CCCCCN9C(=O)C=CC9=O)C(C)C)cc8)C7)cc(O)c6nc-5c4c3C2=O)NC(=O)/C(C)=C\C=C\[C@H](C)[C@H](O)[C@@H](C)[C@@H](O)[C@@H](C)[C@H](OC(C)=O)[C@@H]1C. The van der Waals surface area contributed by atoms with Gasteiger partial charge in [0.1, 0.15) is 65.0 Å². The van der Waals surface area contributed by atoms with Gasteiger partial charge in [0, 0.05) is 116 Å². The Morgan fingerprint density at radius 1 is 0.849 bits per heavy atom. The van der Waals surface area contributed by atoms with E-state index in [9.17, 15) is 63.6 Å². The topological polar surface area (TPSA) is 443 Å². The van der Waals surface area contributed by atoms with Crippen LogP contribution >= 0.6 is 0 Å². The summed E-state index contributed by atoms with van der Waals surface area (Å²) in [6.45, 7) is 15.9. The van der Waals surface area contributed by atoms with Crippen LogP contribution in [0.15, 0.2) is 93.9 Å². The predicted molar refractivity (Wildman–Crippen MR) is 385 cm³/mol. The number of ether oxygens (including phenoxy) is 6. The number of methoxy groups -OCH3 is 1. The highest BCUT2D eigenvalue weighted by atomic mass is 16.7. The van der Waals surface area contributed by atoms with E-state index in [4.69, 9.17) is 43.6 Å². The van der Waals surface area contributed by atoms with E-state index >= 15 is 9.59 Å². The van der Waals surface area contributed by atoms with Crippen LogP contribution in [-0.4, -0.2) is 171 Å². The number of hydrogen-bond acceptors (Lipinski definition) is 24. The smallest absolute Gasteiger partial charge is 0.507 e. The molecule has 1 aliphatic carbocycles. The number of phenolic OH excluding ortho intramolecular Hbond substituents is 2. The molecule has 1 fully saturated rings. The number of amides is 8. The number of allylic oxidation sites excluding steroid dienone is 2. The molecule has 106 heavy (non-hydrogen) atoms. The number of hydrogen-bond donors (Lipinski definition) is 10. The number of nitrogens with two attached hydrogens (primary N) is 1. The number of esters is 1. The number of aliphatic hydroxyl groups is 2. The Hall–Kier alpha value is -10.9. The van der Waals surface area contributed by atoms with Gasteiger partial charge in [-0.3, -0.25) is 48.1 Å². The maximum Gasteiger partial charge on any atom is 0.509 e. The molecule has 568 valence electrons. The number of ketones is 1. The van der Waals surface area contributed by atoms with E-state index < -0.39 is 154 Å². The molecule has 0 unspecified atom stereocenters. The van der Waals surface area contributed by atoms with Crippen LogP contribution in [0.25, 0.3) is 33.3 Å². The molecule has 6 aliphatic rings. The Bertz CT molecular complexity index is 4370. The van der Waals surface area contributed by atoms with Crippen molar-refractivity contribution in [3.8, 4) is 28.7 Å². The summed E-state index contributed by atoms with van der Waals surface area (Å²) in [6, 6.07) is 6.20. The number of nitrogens with one attached hydrogen (secondary N) is 5. The predicted octanol–water partition coefficient (Wildman–Crippen LogP) is 6.69. The number of aliphatic hydroxyl groups excluding tert-OH is 2. The summed E-state index contributed by atoms with van der Waals surface area (Å²) in [5.74, 6) is -11.7. The van der Waals surface area contributed by atoms with Crippen molar-refractivity contribution in [2.75, 3.05) is 48.8 Å². The maximum absolute atomic E-state index is 15.1. The number of benzene rings is 4. The lowest BCUT2D eigenvalue weighted by Gasteiger charge is -2.39. The average molecular weight is 1470 g/mol. The molecule has 8 amide bonds. The normalized spacial score (nSPS) is 23.8. The van der Waals surface area contributed by atoms with E-state index in [1.54, 1.807) is 76.8 Å². The van der Waals surface area contributed by atoms with Gasteiger partial charge in [-0.15, -0.1) is 0 Å². The van der Waals surface area contributed by atoms with Crippen LogP contribution in [0.5, 0.6) is 17.2 Å². The summed E-state index contributed by atoms with van der Waals surface area (Å²) < 4.78 is 41.5. The fourth-order valence-corrected chi connectivity index (χ4v) is 13.2. The molecule has 31 nitrogen and oxygen atoms in total. The van der Waals surface area contributed by atoms with Crippen LogP contribution in [-0.2, 0) is 63.9 Å². The second-order valence-electron chi connectivity index (χ2n) is 27.7. The molecular weight excluding hydrogens is 1380 g/mol. The number of aromatic hydroxyl groups is 2. The molecule has 0 aromatic heterocycles. The Kier molecular flexibility index (Phi) is 25.3. The third kappa shape index (κ3) is 17.9. The van der Waals surface area contributed by atoms with E-state index in [1.807, 2.05) is 0 Å². The van der Waals surface area contributed by atoms with Crippen LogP contribution in [0.3, 0.4) is 0 Å². The van der Waals surface area contributed by atoms with E-state index in [2.05, 4.69) is 26.6 Å². The van der Waals surface area contributed by atoms with Crippen molar-refractivity contribution in [2.45, 2.75) is 163 Å². The lowest BCUT2D eigenvalue weighted by molar-refractivity contribution is -0.160. The summed E-state index contributed by atoms with van der Waals surface area (Å²) in [6.07, 6.45) is 5.48. The van der Waals surface area contributed by atoms with Crippen LogP contribution in [0.4, 0.5) is 26.7 Å². The molecule has 4 bridgehead atoms. The molecule has 11 N–H and O–H groups in total. The van der Waals surface area contributed by atoms with E-state index in [-0.39, 0.29) is 114 Å². The van der Waals surface area contributed by atoms with Crippen molar-refractivity contribution in [3.63, 3.8) is 0 Å². The summed E-state index contributed by atoms with van der Waals surface area (Å²) in [5.41, 5.74) is 4.10. The molecule has 11 atom stereocenters. The summed E-state index contributed by atoms with van der Waals surface area (Å²) in [7, 11) is 1.40. The molecular formula is C75H91N9O22. The minimum atomic E-state index is -2.18. The number of aromatic nitrogens is 1. The van der Waals surface area contributed by atoms with Crippen LogP contribution in [0.2, 0.25) is 0 Å². The third-order valence-electron chi connectivity index (χ3n) is 19.5. The Balaban J connectivity index is 0.891. The lowest BCUT2D eigenvalue weighted by Crippen LogP contribution is -2.54. The van der Waals surface area contributed by atoms with Gasteiger partial charge in [-0.1, -0.05) is 78.3 Å². The number of phenols is 2. The van der Waals surface area contributed by atoms with Gasteiger partial charge in [0.05, 0.1) is 48.6 Å². The first kappa shape index (κ1) is 79.2. The molecule has 0 spiro atoms. The maximum atomic E-state index is 15.1. The number of fused-ring (bicyclic) bond motifs is 2. The number of rotatable bonds is 22. The van der Waals surface area contributed by atoms with Crippen molar-refractivity contribution >= 4 is 98.3 Å². The molecule has 0 radical (unpaired) electrons. The number of carbonyl (C=O) groups excluding carboxylic acids is 10. The number of anilines is 3. The van der Waals surface area contributed by atoms with Gasteiger partial charge >= 0.3 is 23.9 Å². The first-order valence-electron chi connectivity index (χ1n) is 35.0. The quantitative estimate of drug-likeness (QED) is 0.0113. The van der Waals surface area contributed by atoms with Crippen LogP contribution < -0.4 is 47.4 Å². The van der Waals surface area contributed by atoms with Gasteiger partial charge in [0.2, 0.25) is 23.2 Å². The zero-order chi connectivity index (χ0) is 77.3. The number of primary amides is 1. The molecule has 9 rings (SSSR count). The van der Waals surface area contributed by atoms with Gasteiger partial charge in [0.15, 0.2) is 11.3 Å². The Labute approximate surface area is 610 Å². The largest absolute Gasteiger partial charge is 0.509 e. The molecule has 3 aromatic rings. The second kappa shape index (κ2) is 33.9. The van der Waals surface area contributed by atoms with Crippen molar-refractivity contribution in [1.29, 1.82) is 0 Å². The third-order valence-corrected chi connectivity index (χ3v) is 19.5. The van der Waals surface area contributed by atoms with Crippen molar-refractivity contribution in [3.05, 3.63) is 112 Å². The fourth-order valence-electron chi connectivity index (χ4n) is 13.2. The highest BCUT2D eigenvalue weighted by Gasteiger charge is 2.50. The van der Waals surface area contributed by atoms with E-state index in [0.717, 1.165) is 11.2 Å². The van der Waals surface area contributed by atoms with Crippen molar-refractivity contribution < 1.29 is 101 Å². The Morgan fingerprint density at radius 3 is 2.21 bits per heavy atom. The lowest BCUT2D eigenvalue weighted by atomic mass is 9.78. The van der Waals surface area contributed by atoms with Crippen LogP contribution in [0, 0.1) is 36.5 Å². The monoisotopic (exact) mass is 1470 g/mol. The summed E-state index contributed by atoms with van der Waals surface area (Å²) >= 11 is 0. The number of carbonyl (C=O) groups is 10. The van der Waals surface area contributed by atoms with Gasteiger partial charge in [-0.05, 0) is 69.2 Å². The standard InChI is InChI=1S/C75H91N9O22/c1-36(2)58(80-52(87)20-13-12-14-29-84-53(88)25-26-54(84)89)72(97)79-48(19-16-28-77-73(76)98)71(96)78-45-23-21-44(22-24-45)35-101-74(99)104-47-33-83(34-47)46-31-49(86)59-51(32-46)105-68-60(81-59)55-56-64(92)42(8)67-57(55)69(94)75(10,106-67)102-30-27-50(100-11)39(5)66(103-43(9)85)41(7)63(91)40(6)62(90)37(3)17-15-18-38(4)70(95)82-61(68)65(56)93/h15,17-18,21-27,30-32,36-37,39-41,47-48,50,58,62-63,66,86,90-92H,12-14,16,19-20,28-29,33-35H2,1-11H3,(H,78,96)(H,79,97)(H,80,87)(H,82,95)(H3,76,77,98)/b17-15+,30-27+,38-18-/t37-,39+,40+,41+,48-,50-,58-,62-,63+,66+,75-/m0/s1. The first-order valence-corrected chi connectivity index (χ1v) is 35.0. The second-order valence-corrected chi connectivity index (χ2v) is 27.7. The highest BCUT2D eigenvalue weighted by Crippen LogP contribution is 2.51. The number of Topliss-reactive ketones (excluding diaryl/α,β-unsaturated/α-hetero) is 1. The average Bonchev–Trinajstić information content (AvgIpc) is 1.40. The van der Waals surface area contributed by atoms with E-state index in [1.165, 1.54) is 77.3 Å². The molecule has 1 saturated heterocycles. The highest BCUT2D eigenvalue weighted by molar-refractivity contribution is 6.22. The molecule has 31 heteroatoms. The number of nitrogens with zero attached hydrogens (tertiary/aromatic N) is 3. The zero-order valence-electron chi connectivity index (χ0n) is 60.8. The number of unbranched alkanes of at least 4 members (excludes halogenated alkanes) is 2. The first-order chi connectivity index (χ1) is 50.2. The van der Waals surface area contributed by atoms with Gasteiger partial charge in [-0.25, -0.2) is 14.6 Å². The number of imide groups is 1. The molecule has 0 saturated carbocycles. The molecule has 3 aromatic carbocycles. The van der Waals surface area contributed by atoms with Crippen molar-refractivity contribution in [1.82, 2.24) is 25.8 Å². The van der Waals surface area contributed by atoms with Crippen LogP contribution in [0.1, 0.15) is 122 Å². The van der Waals surface area contributed by atoms with Gasteiger partial charge in [-0.2, -0.15) is 0 Å². The number of urea groups is 1. The fraction of sp³-hybridized carbons (Fsp3) is 0.467. The molecule has 5 aliphatic heterocycles. The molecule has 5 heterocycles. The minimum Gasteiger partial charge on any atom is -0.507 e. The summed E-state index contributed by atoms with van der Waals surface area (Å²) in [4.78, 5) is 153. The van der Waals surface area contributed by atoms with Gasteiger partial charge in [0.25, 0.3) is 23.5 Å².